The molecule has 1 aromatic rings. The van der Waals surface area contributed by atoms with Crippen LogP contribution in [0, 0.1) is 6.92 Å². The summed E-state index contributed by atoms with van der Waals surface area (Å²) < 4.78 is 1.07. The SMILES string of the molecule is Cc1nc(N2CCCCC2CCl)ccc1Br. The van der Waals surface area contributed by atoms with E-state index in [2.05, 4.69) is 37.9 Å². The molecule has 2 heterocycles. The number of rotatable bonds is 2. The third-order valence-electron chi connectivity index (χ3n) is 3.11. The molecule has 0 aromatic carbocycles. The van der Waals surface area contributed by atoms with Gasteiger partial charge in [0.2, 0.25) is 0 Å². The van der Waals surface area contributed by atoms with Gasteiger partial charge in [-0.2, -0.15) is 0 Å². The predicted molar refractivity (Wildman–Crippen MR) is 72.4 cm³/mol. The molecule has 1 fully saturated rings. The third-order valence-corrected chi connectivity index (χ3v) is 4.30. The van der Waals surface area contributed by atoms with Gasteiger partial charge in [0.15, 0.2) is 0 Å². The van der Waals surface area contributed by atoms with E-state index in [1.165, 1.54) is 19.3 Å². The summed E-state index contributed by atoms with van der Waals surface area (Å²) in [5, 5.41) is 0. The number of alkyl halides is 1. The Bertz CT molecular complexity index is 370. The van der Waals surface area contributed by atoms with E-state index in [1.807, 2.05) is 6.92 Å². The number of aryl methyl sites for hydroxylation is 1. The smallest absolute Gasteiger partial charge is 0.129 e. The van der Waals surface area contributed by atoms with Gasteiger partial charge in [-0.15, -0.1) is 11.6 Å². The average Bonchev–Trinajstić information content (AvgIpc) is 2.32. The van der Waals surface area contributed by atoms with Crippen LogP contribution >= 0.6 is 27.5 Å². The minimum Gasteiger partial charge on any atom is -0.352 e. The van der Waals surface area contributed by atoms with E-state index < -0.39 is 0 Å². The van der Waals surface area contributed by atoms with E-state index in [4.69, 9.17) is 11.6 Å². The lowest BCUT2D eigenvalue weighted by atomic mass is 10.0. The van der Waals surface area contributed by atoms with Crippen LogP contribution in [0.1, 0.15) is 25.0 Å². The number of aromatic nitrogens is 1. The van der Waals surface area contributed by atoms with Crippen LogP contribution in [-0.4, -0.2) is 23.5 Å². The van der Waals surface area contributed by atoms with Crippen LogP contribution in [0.15, 0.2) is 16.6 Å². The van der Waals surface area contributed by atoms with Crippen LogP contribution in [0.4, 0.5) is 5.82 Å². The Kier molecular flexibility index (Phi) is 4.09. The maximum atomic E-state index is 6.02. The first-order valence-corrected chi connectivity index (χ1v) is 7.01. The lowest BCUT2D eigenvalue weighted by Crippen LogP contribution is -2.41. The first kappa shape index (κ1) is 12.2. The molecule has 0 radical (unpaired) electrons. The minimum absolute atomic E-state index is 0.448. The summed E-state index contributed by atoms with van der Waals surface area (Å²) in [7, 11) is 0. The van der Waals surface area contributed by atoms with Crippen LogP contribution in [0.5, 0.6) is 0 Å². The van der Waals surface area contributed by atoms with Crippen molar-refractivity contribution in [2.75, 3.05) is 17.3 Å². The summed E-state index contributed by atoms with van der Waals surface area (Å²) >= 11 is 9.50. The molecule has 4 heteroatoms. The number of pyridine rings is 1. The van der Waals surface area contributed by atoms with E-state index in [9.17, 15) is 0 Å². The first-order chi connectivity index (χ1) is 7.72. The largest absolute Gasteiger partial charge is 0.352 e. The zero-order valence-electron chi connectivity index (χ0n) is 9.42. The second-order valence-electron chi connectivity index (χ2n) is 4.23. The van der Waals surface area contributed by atoms with E-state index in [-0.39, 0.29) is 0 Å². The van der Waals surface area contributed by atoms with Crippen molar-refractivity contribution in [2.24, 2.45) is 0 Å². The summed E-state index contributed by atoms with van der Waals surface area (Å²) in [4.78, 5) is 6.96. The molecule has 1 aliphatic heterocycles. The molecule has 0 bridgehead atoms. The molecule has 0 spiro atoms. The fourth-order valence-corrected chi connectivity index (χ4v) is 2.70. The van der Waals surface area contributed by atoms with Crippen molar-refractivity contribution < 1.29 is 0 Å². The van der Waals surface area contributed by atoms with Gasteiger partial charge in [-0.3, -0.25) is 0 Å². The Labute approximate surface area is 110 Å². The van der Waals surface area contributed by atoms with Crippen LogP contribution in [-0.2, 0) is 0 Å². The molecule has 0 amide bonds. The number of anilines is 1. The van der Waals surface area contributed by atoms with Crippen molar-refractivity contribution in [3.8, 4) is 0 Å². The van der Waals surface area contributed by atoms with Gasteiger partial charge in [0.1, 0.15) is 5.82 Å². The van der Waals surface area contributed by atoms with Gasteiger partial charge in [-0.25, -0.2) is 4.98 Å². The Morgan fingerprint density at radius 1 is 1.50 bits per heavy atom. The molecule has 1 aromatic heterocycles. The number of hydrogen-bond acceptors (Lipinski definition) is 2. The molecule has 1 saturated heterocycles. The lowest BCUT2D eigenvalue weighted by molar-refractivity contribution is 0.484. The van der Waals surface area contributed by atoms with Crippen molar-refractivity contribution in [3.63, 3.8) is 0 Å². The van der Waals surface area contributed by atoms with Gasteiger partial charge < -0.3 is 4.90 Å². The Morgan fingerprint density at radius 2 is 2.31 bits per heavy atom. The van der Waals surface area contributed by atoms with E-state index in [0.29, 0.717) is 11.9 Å². The second-order valence-corrected chi connectivity index (χ2v) is 5.40. The van der Waals surface area contributed by atoms with Crippen molar-refractivity contribution in [1.82, 2.24) is 4.98 Å². The zero-order chi connectivity index (χ0) is 11.5. The number of hydrogen-bond donors (Lipinski definition) is 0. The maximum Gasteiger partial charge on any atom is 0.129 e. The summed E-state index contributed by atoms with van der Waals surface area (Å²) in [6.45, 7) is 3.10. The summed E-state index contributed by atoms with van der Waals surface area (Å²) in [5.74, 6) is 1.75. The van der Waals surface area contributed by atoms with Crippen LogP contribution in [0.2, 0.25) is 0 Å². The Morgan fingerprint density at radius 3 is 3.00 bits per heavy atom. The van der Waals surface area contributed by atoms with Gasteiger partial charge in [0.25, 0.3) is 0 Å². The maximum absolute atomic E-state index is 6.02. The monoisotopic (exact) mass is 302 g/mol. The topological polar surface area (TPSA) is 16.1 Å². The predicted octanol–water partition coefficient (Wildman–Crippen LogP) is 3.75. The first-order valence-electron chi connectivity index (χ1n) is 5.68. The van der Waals surface area contributed by atoms with E-state index in [1.54, 1.807) is 0 Å². The highest BCUT2D eigenvalue weighted by Crippen LogP contribution is 2.26. The van der Waals surface area contributed by atoms with Gasteiger partial charge in [0, 0.05) is 22.9 Å². The van der Waals surface area contributed by atoms with Crippen molar-refractivity contribution in [2.45, 2.75) is 32.2 Å². The summed E-state index contributed by atoms with van der Waals surface area (Å²) in [5.41, 5.74) is 1.04. The van der Waals surface area contributed by atoms with Crippen molar-refractivity contribution in [3.05, 3.63) is 22.3 Å². The molecule has 88 valence electrons. The number of halogens is 2. The average molecular weight is 304 g/mol. The number of piperidine rings is 1. The van der Waals surface area contributed by atoms with E-state index in [0.717, 1.165) is 22.5 Å². The summed E-state index contributed by atoms with van der Waals surface area (Å²) in [6.07, 6.45) is 3.70. The highest BCUT2D eigenvalue weighted by Gasteiger charge is 2.22. The van der Waals surface area contributed by atoms with Gasteiger partial charge in [-0.05, 0) is 54.2 Å². The molecular formula is C12H16BrClN2. The fraction of sp³-hybridized carbons (Fsp3) is 0.583. The highest BCUT2D eigenvalue weighted by atomic mass is 79.9. The molecule has 0 saturated carbocycles. The zero-order valence-corrected chi connectivity index (χ0v) is 11.8. The minimum atomic E-state index is 0.448. The molecule has 2 nitrogen and oxygen atoms in total. The quantitative estimate of drug-likeness (QED) is 0.774. The molecule has 2 rings (SSSR count). The van der Waals surface area contributed by atoms with Crippen LogP contribution < -0.4 is 4.90 Å². The van der Waals surface area contributed by atoms with Crippen molar-refractivity contribution in [1.29, 1.82) is 0 Å². The molecule has 1 unspecified atom stereocenters. The molecule has 16 heavy (non-hydrogen) atoms. The highest BCUT2D eigenvalue weighted by molar-refractivity contribution is 9.10. The number of nitrogens with zero attached hydrogens (tertiary/aromatic N) is 2. The molecule has 0 aliphatic carbocycles. The lowest BCUT2D eigenvalue weighted by Gasteiger charge is -2.35. The molecule has 1 atom stereocenters. The molecule has 0 N–H and O–H groups in total. The molecule has 1 aliphatic rings. The Balaban J connectivity index is 2.23. The molecular weight excluding hydrogens is 288 g/mol. The standard InChI is InChI=1S/C12H16BrClN2/c1-9-11(13)5-6-12(15-9)16-7-3-2-4-10(16)8-14/h5-6,10H,2-4,7-8H2,1H3. The van der Waals surface area contributed by atoms with Gasteiger partial charge in [0.05, 0.1) is 5.69 Å². The Hall–Kier alpha value is -0.280. The van der Waals surface area contributed by atoms with Crippen molar-refractivity contribution >= 4 is 33.3 Å². The van der Waals surface area contributed by atoms with Crippen LogP contribution in [0.3, 0.4) is 0 Å². The summed E-state index contributed by atoms with van der Waals surface area (Å²) in [6, 6.07) is 4.59. The van der Waals surface area contributed by atoms with Gasteiger partial charge >= 0.3 is 0 Å². The normalized spacial score (nSPS) is 21.2. The second kappa shape index (κ2) is 5.37. The van der Waals surface area contributed by atoms with Gasteiger partial charge in [-0.1, -0.05) is 0 Å². The van der Waals surface area contributed by atoms with Crippen LogP contribution in [0.25, 0.3) is 0 Å². The fourth-order valence-electron chi connectivity index (χ4n) is 2.15. The van der Waals surface area contributed by atoms with E-state index >= 15 is 0 Å². The third kappa shape index (κ3) is 2.51.